The summed E-state index contributed by atoms with van der Waals surface area (Å²) in [5.74, 6) is 0.720. The van der Waals surface area contributed by atoms with Gasteiger partial charge in [0, 0.05) is 32.2 Å². The van der Waals surface area contributed by atoms with Crippen molar-refractivity contribution < 1.29 is 4.74 Å². The third kappa shape index (κ3) is 6.09. The van der Waals surface area contributed by atoms with Crippen molar-refractivity contribution in [2.45, 2.75) is 45.6 Å². The summed E-state index contributed by atoms with van der Waals surface area (Å²) in [6.45, 7) is 8.02. The highest BCUT2D eigenvalue weighted by molar-refractivity contribution is 4.86. The minimum absolute atomic E-state index is 0.641. The lowest BCUT2D eigenvalue weighted by Crippen LogP contribution is -2.30. The van der Waals surface area contributed by atoms with E-state index in [-0.39, 0.29) is 0 Å². The van der Waals surface area contributed by atoms with Gasteiger partial charge in [0.05, 0.1) is 12.7 Å². The summed E-state index contributed by atoms with van der Waals surface area (Å²) in [4.78, 5) is 2.40. The molecule has 1 fully saturated rings. The predicted molar refractivity (Wildman–Crippen MR) is 65.1 cm³/mol. The van der Waals surface area contributed by atoms with E-state index in [1.54, 1.807) is 0 Å². The van der Waals surface area contributed by atoms with Crippen molar-refractivity contribution in [2.75, 3.05) is 26.3 Å². The van der Waals surface area contributed by atoms with Crippen LogP contribution >= 0.6 is 0 Å². The molecular formula is C13H24N2O. The molecule has 0 unspecified atom stereocenters. The van der Waals surface area contributed by atoms with E-state index in [9.17, 15) is 0 Å². The Morgan fingerprint density at radius 1 is 1.31 bits per heavy atom. The standard InChI is InChI=1S/C13H24N2O/c1-12(2)6-10-16-11-9-15(8-3-7-14)13-4-5-13/h12-13H,3-6,8-11H2,1-2H3. The molecule has 16 heavy (non-hydrogen) atoms. The van der Waals surface area contributed by atoms with Gasteiger partial charge in [-0.3, -0.25) is 4.90 Å². The molecule has 0 radical (unpaired) electrons. The van der Waals surface area contributed by atoms with Crippen molar-refractivity contribution in [1.82, 2.24) is 4.90 Å². The zero-order chi connectivity index (χ0) is 11.8. The quantitative estimate of drug-likeness (QED) is 0.564. The summed E-state index contributed by atoms with van der Waals surface area (Å²) in [7, 11) is 0. The van der Waals surface area contributed by atoms with E-state index in [2.05, 4.69) is 24.8 Å². The Morgan fingerprint density at radius 3 is 2.62 bits per heavy atom. The highest BCUT2D eigenvalue weighted by Gasteiger charge is 2.27. The predicted octanol–water partition coefficient (Wildman–Crippen LogP) is 2.43. The summed E-state index contributed by atoms with van der Waals surface area (Å²) in [6, 6.07) is 2.95. The van der Waals surface area contributed by atoms with Crippen LogP contribution in [0.4, 0.5) is 0 Å². The molecule has 0 amide bonds. The molecule has 1 saturated carbocycles. The zero-order valence-corrected chi connectivity index (χ0v) is 10.6. The van der Waals surface area contributed by atoms with Crippen LogP contribution in [0.5, 0.6) is 0 Å². The molecule has 0 N–H and O–H groups in total. The van der Waals surface area contributed by atoms with Gasteiger partial charge in [0.25, 0.3) is 0 Å². The first-order valence-electron chi connectivity index (χ1n) is 6.42. The SMILES string of the molecule is CC(C)CCOCCN(CCC#N)C1CC1. The van der Waals surface area contributed by atoms with Gasteiger partial charge in [-0.2, -0.15) is 5.26 Å². The maximum atomic E-state index is 8.58. The highest BCUT2D eigenvalue weighted by atomic mass is 16.5. The molecule has 0 aromatic rings. The van der Waals surface area contributed by atoms with Crippen LogP contribution in [0.25, 0.3) is 0 Å². The molecule has 0 heterocycles. The largest absolute Gasteiger partial charge is 0.380 e. The average molecular weight is 224 g/mol. The van der Waals surface area contributed by atoms with Crippen LogP contribution in [0.1, 0.15) is 39.5 Å². The number of nitrogens with zero attached hydrogens (tertiary/aromatic N) is 2. The van der Waals surface area contributed by atoms with Gasteiger partial charge in [0.15, 0.2) is 0 Å². The fourth-order valence-electron chi connectivity index (χ4n) is 1.71. The van der Waals surface area contributed by atoms with E-state index in [4.69, 9.17) is 10.00 Å². The van der Waals surface area contributed by atoms with Gasteiger partial charge in [-0.05, 0) is 25.2 Å². The average Bonchev–Trinajstić information content (AvgIpc) is 3.05. The number of hydrogen-bond acceptors (Lipinski definition) is 3. The Bertz CT molecular complexity index is 218. The van der Waals surface area contributed by atoms with Crippen LogP contribution in [0.2, 0.25) is 0 Å². The second-order valence-electron chi connectivity index (χ2n) is 4.97. The Balaban J connectivity index is 2.01. The van der Waals surface area contributed by atoms with Gasteiger partial charge in [-0.15, -0.1) is 0 Å². The molecule has 0 atom stereocenters. The van der Waals surface area contributed by atoms with Crippen LogP contribution in [-0.2, 0) is 4.74 Å². The molecule has 0 aromatic carbocycles. The van der Waals surface area contributed by atoms with Crippen molar-refractivity contribution in [1.29, 1.82) is 5.26 Å². The molecule has 0 aliphatic heterocycles. The smallest absolute Gasteiger partial charge is 0.0635 e. The second kappa shape index (κ2) is 7.65. The molecule has 3 heteroatoms. The van der Waals surface area contributed by atoms with Gasteiger partial charge >= 0.3 is 0 Å². The topological polar surface area (TPSA) is 36.3 Å². The fraction of sp³-hybridized carbons (Fsp3) is 0.923. The molecular weight excluding hydrogens is 200 g/mol. The second-order valence-corrected chi connectivity index (χ2v) is 4.97. The lowest BCUT2D eigenvalue weighted by molar-refractivity contribution is 0.0942. The van der Waals surface area contributed by atoms with E-state index < -0.39 is 0 Å². The van der Waals surface area contributed by atoms with Gasteiger partial charge in [-0.25, -0.2) is 0 Å². The van der Waals surface area contributed by atoms with Gasteiger partial charge in [0.2, 0.25) is 0 Å². The summed E-state index contributed by atoms with van der Waals surface area (Å²) in [5, 5.41) is 8.58. The van der Waals surface area contributed by atoms with E-state index in [1.165, 1.54) is 12.8 Å². The Morgan fingerprint density at radius 2 is 2.06 bits per heavy atom. The van der Waals surface area contributed by atoms with Crippen LogP contribution in [0.3, 0.4) is 0 Å². The molecule has 0 saturated heterocycles. The van der Waals surface area contributed by atoms with E-state index >= 15 is 0 Å². The summed E-state index contributed by atoms with van der Waals surface area (Å²) in [5.41, 5.74) is 0. The normalized spacial score (nSPS) is 15.7. The number of nitriles is 1. The minimum Gasteiger partial charge on any atom is -0.380 e. The van der Waals surface area contributed by atoms with Crippen molar-refractivity contribution in [3.63, 3.8) is 0 Å². The fourth-order valence-corrected chi connectivity index (χ4v) is 1.71. The van der Waals surface area contributed by atoms with Crippen molar-refractivity contribution in [3.8, 4) is 6.07 Å². The van der Waals surface area contributed by atoms with E-state index in [0.717, 1.165) is 44.7 Å². The van der Waals surface area contributed by atoms with Crippen LogP contribution in [0.15, 0.2) is 0 Å². The molecule has 1 rings (SSSR count). The first-order valence-corrected chi connectivity index (χ1v) is 6.42. The molecule has 92 valence electrons. The number of hydrogen-bond donors (Lipinski definition) is 0. The molecule has 0 bridgehead atoms. The molecule has 0 spiro atoms. The lowest BCUT2D eigenvalue weighted by atomic mass is 10.1. The molecule has 0 aromatic heterocycles. The van der Waals surface area contributed by atoms with Gasteiger partial charge in [0.1, 0.15) is 0 Å². The zero-order valence-electron chi connectivity index (χ0n) is 10.6. The number of ether oxygens (including phenoxy) is 1. The molecule has 1 aliphatic carbocycles. The first-order chi connectivity index (χ1) is 7.74. The third-order valence-corrected chi connectivity index (χ3v) is 2.94. The summed E-state index contributed by atoms with van der Waals surface area (Å²) < 4.78 is 5.61. The van der Waals surface area contributed by atoms with Crippen molar-refractivity contribution in [3.05, 3.63) is 0 Å². The Labute approximate surface area is 99.4 Å². The van der Waals surface area contributed by atoms with Crippen LogP contribution in [0, 0.1) is 17.2 Å². The van der Waals surface area contributed by atoms with E-state index in [1.807, 2.05) is 0 Å². The third-order valence-electron chi connectivity index (χ3n) is 2.94. The van der Waals surface area contributed by atoms with Crippen molar-refractivity contribution >= 4 is 0 Å². The maximum Gasteiger partial charge on any atom is 0.0635 e. The van der Waals surface area contributed by atoms with Crippen LogP contribution in [-0.4, -0.2) is 37.2 Å². The monoisotopic (exact) mass is 224 g/mol. The number of rotatable bonds is 9. The van der Waals surface area contributed by atoms with Gasteiger partial charge < -0.3 is 4.74 Å². The summed E-state index contributed by atoms with van der Waals surface area (Å²) >= 11 is 0. The minimum atomic E-state index is 0.641. The van der Waals surface area contributed by atoms with E-state index in [0.29, 0.717) is 6.42 Å². The first kappa shape index (κ1) is 13.5. The highest BCUT2D eigenvalue weighted by Crippen LogP contribution is 2.26. The lowest BCUT2D eigenvalue weighted by Gasteiger charge is -2.20. The maximum absolute atomic E-state index is 8.58. The Kier molecular flexibility index (Phi) is 6.44. The Hall–Kier alpha value is -0.590. The van der Waals surface area contributed by atoms with Crippen molar-refractivity contribution in [2.24, 2.45) is 5.92 Å². The summed E-state index contributed by atoms with van der Waals surface area (Å²) in [6.07, 6.45) is 4.39. The van der Waals surface area contributed by atoms with Crippen LogP contribution < -0.4 is 0 Å². The molecule has 3 nitrogen and oxygen atoms in total. The van der Waals surface area contributed by atoms with Gasteiger partial charge in [-0.1, -0.05) is 13.8 Å². The molecule has 1 aliphatic rings.